The zero-order valence-electron chi connectivity index (χ0n) is 20.6. The molecular formula is C29H25BrClNO5. The summed E-state index contributed by atoms with van der Waals surface area (Å²) in [7, 11) is 1.57. The summed E-state index contributed by atoms with van der Waals surface area (Å²) in [5.74, 6) is 1.12. The molecule has 8 heteroatoms. The fourth-order valence-electron chi connectivity index (χ4n) is 4.54. The van der Waals surface area contributed by atoms with Gasteiger partial charge >= 0.3 is 0 Å². The highest BCUT2D eigenvalue weighted by molar-refractivity contribution is 9.10. The van der Waals surface area contributed by atoms with Crippen LogP contribution in [0.2, 0.25) is 5.02 Å². The van der Waals surface area contributed by atoms with Crippen LogP contribution in [0.3, 0.4) is 0 Å². The summed E-state index contributed by atoms with van der Waals surface area (Å²) in [6.07, 6.45) is 0. The first-order valence-corrected chi connectivity index (χ1v) is 13.1. The van der Waals surface area contributed by atoms with Gasteiger partial charge in [-0.05, 0) is 53.4 Å². The van der Waals surface area contributed by atoms with Crippen LogP contribution in [0.25, 0.3) is 11.0 Å². The lowest BCUT2D eigenvalue weighted by molar-refractivity contribution is 0.0714. The van der Waals surface area contributed by atoms with Crippen molar-refractivity contribution < 1.29 is 18.7 Å². The van der Waals surface area contributed by atoms with Gasteiger partial charge in [-0.3, -0.25) is 9.59 Å². The van der Waals surface area contributed by atoms with Gasteiger partial charge in [-0.25, -0.2) is 0 Å². The number of hydrogen-bond donors (Lipinski definition) is 0. The minimum Gasteiger partial charge on any atom is -0.493 e. The summed E-state index contributed by atoms with van der Waals surface area (Å²) in [5.41, 5.74) is 1.86. The number of ether oxygens (including phenoxy) is 2. The highest BCUT2D eigenvalue weighted by Gasteiger charge is 2.43. The van der Waals surface area contributed by atoms with Gasteiger partial charge < -0.3 is 18.8 Å². The Labute approximate surface area is 227 Å². The molecule has 0 spiro atoms. The maximum Gasteiger partial charge on any atom is 0.291 e. The van der Waals surface area contributed by atoms with Gasteiger partial charge in [0.25, 0.3) is 5.91 Å². The van der Waals surface area contributed by atoms with Crippen molar-refractivity contribution in [3.8, 4) is 11.5 Å². The van der Waals surface area contributed by atoms with E-state index < -0.39 is 6.04 Å². The van der Waals surface area contributed by atoms with Crippen molar-refractivity contribution in [1.29, 1.82) is 0 Å². The fraction of sp³-hybridized carbons (Fsp3) is 0.241. The minimum atomic E-state index is -0.702. The normalized spacial score (nSPS) is 14.9. The highest BCUT2D eigenvalue weighted by Crippen LogP contribution is 2.42. The lowest BCUT2D eigenvalue weighted by Crippen LogP contribution is -2.29. The summed E-state index contributed by atoms with van der Waals surface area (Å²) in [5, 5.41) is 0.933. The summed E-state index contributed by atoms with van der Waals surface area (Å²) >= 11 is 9.89. The van der Waals surface area contributed by atoms with E-state index in [0.717, 1.165) is 10.0 Å². The van der Waals surface area contributed by atoms with Gasteiger partial charge in [0, 0.05) is 16.0 Å². The van der Waals surface area contributed by atoms with E-state index in [1.165, 1.54) is 0 Å². The smallest absolute Gasteiger partial charge is 0.291 e. The summed E-state index contributed by atoms with van der Waals surface area (Å²) < 4.78 is 18.3. The SMILES string of the molecule is COc1cc(C2c3c(oc4ccc(Br)cc4c3=O)C(=O)N2Cc2ccccc2Cl)ccc1OCC(C)C. The number of carbonyl (C=O) groups is 1. The Morgan fingerprint density at radius 2 is 1.84 bits per heavy atom. The van der Waals surface area contributed by atoms with E-state index in [0.29, 0.717) is 51.1 Å². The van der Waals surface area contributed by atoms with Gasteiger partial charge in [-0.1, -0.05) is 65.6 Å². The molecule has 190 valence electrons. The third kappa shape index (κ3) is 4.74. The molecule has 0 saturated heterocycles. The molecule has 0 saturated carbocycles. The van der Waals surface area contributed by atoms with Crippen LogP contribution in [-0.4, -0.2) is 24.5 Å². The van der Waals surface area contributed by atoms with Crippen molar-refractivity contribution in [3.05, 3.63) is 103 Å². The van der Waals surface area contributed by atoms with Crippen molar-refractivity contribution in [2.75, 3.05) is 13.7 Å². The second-order valence-electron chi connectivity index (χ2n) is 9.36. The van der Waals surface area contributed by atoms with Crippen LogP contribution in [0.4, 0.5) is 0 Å². The zero-order valence-corrected chi connectivity index (χ0v) is 22.9. The molecule has 1 atom stereocenters. The lowest BCUT2D eigenvalue weighted by Gasteiger charge is -2.26. The Bertz CT molecular complexity index is 1560. The van der Waals surface area contributed by atoms with Crippen LogP contribution in [0, 0.1) is 5.92 Å². The van der Waals surface area contributed by atoms with Gasteiger partial charge in [0.05, 0.1) is 30.7 Å². The van der Waals surface area contributed by atoms with E-state index in [9.17, 15) is 9.59 Å². The third-order valence-electron chi connectivity index (χ3n) is 6.30. The Balaban J connectivity index is 1.69. The van der Waals surface area contributed by atoms with Gasteiger partial charge in [0.1, 0.15) is 5.58 Å². The minimum absolute atomic E-state index is 0.0379. The second kappa shape index (κ2) is 10.2. The average Bonchev–Trinajstić information content (AvgIpc) is 3.16. The number of benzene rings is 3. The maximum absolute atomic E-state index is 13.8. The first-order chi connectivity index (χ1) is 17.8. The Morgan fingerprint density at radius 3 is 2.57 bits per heavy atom. The molecule has 0 N–H and O–H groups in total. The molecule has 0 fully saturated rings. The number of hydrogen-bond acceptors (Lipinski definition) is 5. The van der Waals surface area contributed by atoms with Crippen LogP contribution >= 0.6 is 27.5 Å². The topological polar surface area (TPSA) is 69.0 Å². The molecule has 2 heterocycles. The Kier molecular flexibility index (Phi) is 7.01. The van der Waals surface area contributed by atoms with Crippen LogP contribution in [-0.2, 0) is 6.54 Å². The van der Waals surface area contributed by atoms with Gasteiger partial charge in [-0.15, -0.1) is 0 Å². The highest BCUT2D eigenvalue weighted by atomic mass is 79.9. The molecule has 4 aromatic rings. The Hall–Kier alpha value is -3.29. The van der Waals surface area contributed by atoms with E-state index in [1.54, 1.807) is 36.3 Å². The van der Waals surface area contributed by atoms with E-state index >= 15 is 0 Å². The summed E-state index contributed by atoms with van der Waals surface area (Å²) in [6, 6.07) is 17.3. The van der Waals surface area contributed by atoms with Crippen LogP contribution < -0.4 is 14.9 Å². The maximum atomic E-state index is 13.8. The third-order valence-corrected chi connectivity index (χ3v) is 7.16. The van der Waals surface area contributed by atoms with Gasteiger partial charge in [-0.2, -0.15) is 0 Å². The van der Waals surface area contributed by atoms with Crippen molar-refractivity contribution in [2.24, 2.45) is 5.92 Å². The van der Waals surface area contributed by atoms with Crippen LogP contribution in [0.1, 0.15) is 47.1 Å². The molecule has 6 nitrogen and oxygen atoms in total. The molecule has 5 rings (SSSR count). The fourth-order valence-corrected chi connectivity index (χ4v) is 5.10. The van der Waals surface area contributed by atoms with Crippen molar-refractivity contribution >= 4 is 44.4 Å². The molecule has 1 unspecified atom stereocenters. The number of fused-ring (bicyclic) bond motifs is 2. The van der Waals surface area contributed by atoms with Crippen molar-refractivity contribution in [3.63, 3.8) is 0 Å². The molecule has 1 aliphatic heterocycles. The summed E-state index contributed by atoms with van der Waals surface area (Å²) in [6.45, 7) is 4.86. The van der Waals surface area contributed by atoms with E-state index in [2.05, 4.69) is 29.8 Å². The molecule has 0 radical (unpaired) electrons. The first kappa shape index (κ1) is 25.4. The largest absolute Gasteiger partial charge is 0.493 e. The quantitative estimate of drug-likeness (QED) is 0.235. The van der Waals surface area contributed by atoms with E-state index in [4.69, 9.17) is 25.5 Å². The molecule has 0 bridgehead atoms. The second-order valence-corrected chi connectivity index (χ2v) is 10.7. The van der Waals surface area contributed by atoms with Gasteiger partial charge in [0.15, 0.2) is 16.9 Å². The molecule has 37 heavy (non-hydrogen) atoms. The number of carbonyl (C=O) groups excluding carboxylic acids is 1. The molecule has 3 aromatic carbocycles. The molecule has 0 aliphatic carbocycles. The van der Waals surface area contributed by atoms with E-state index in [1.807, 2.05) is 36.4 Å². The van der Waals surface area contributed by atoms with Crippen molar-refractivity contribution in [1.82, 2.24) is 4.90 Å². The molecule has 1 aromatic heterocycles. The first-order valence-electron chi connectivity index (χ1n) is 11.9. The predicted octanol–water partition coefficient (Wildman–Crippen LogP) is 7.00. The standard InChI is InChI=1S/C29H25BrClNO5/c1-16(2)15-36-23-10-8-17(12-24(23)35-3)26-25-27(33)20-13-19(30)9-11-22(20)37-28(25)29(34)32(26)14-18-6-4-5-7-21(18)31/h4-13,16,26H,14-15H2,1-3H3. The van der Waals surface area contributed by atoms with Crippen LogP contribution in [0.5, 0.6) is 11.5 Å². The lowest BCUT2D eigenvalue weighted by atomic mass is 9.97. The predicted molar refractivity (Wildman–Crippen MR) is 147 cm³/mol. The molecule has 1 amide bonds. The zero-order chi connectivity index (χ0) is 26.3. The number of rotatable bonds is 7. The summed E-state index contributed by atoms with van der Waals surface area (Å²) in [4.78, 5) is 29.2. The number of amides is 1. The number of halogens is 2. The van der Waals surface area contributed by atoms with E-state index in [-0.39, 0.29) is 23.6 Å². The van der Waals surface area contributed by atoms with Crippen molar-refractivity contribution in [2.45, 2.75) is 26.4 Å². The van der Waals surface area contributed by atoms with Crippen LogP contribution in [0.15, 0.2) is 74.3 Å². The molecule has 1 aliphatic rings. The monoisotopic (exact) mass is 581 g/mol. The molecular weight excluding hydrogens is 558 g/mol. The average molecular weight is 583 g/mol. The van der Waals surface area contributed by atoms with Gasteiger partial charge in [0.2, 0.25) is 5.76 Å². The Morgan fingerprint density at radius 1 is 1.05 bits per heavy atom. The number of nitrogens with zero attached hydrogens (tertiary/aromatic N) is 1. The number of methoxy groups -OCH3 is 1.